The maximum absolute atomic E-state index is 12.6. The molecule has 138 valence electrons. The third-order valence-electron chi connectivity index (χ3n) is 2.17. The highest BCUT2D eigenvalue weighted by molar-refractivity contribution is 8.13. The van der Waals surface area contributed by atoms with E-state index in [4.69, 9.17) is 5.11 Å². The molecule has 0 spiro atoms. The van der Waals surface area contributed by atoms with E-state index in [1.165, 1.54) is 0 Å². The SMILES string of the molecule is COc1cc(C(F)(F)F)cc(C(F)(F)F)c1C(=O)O.CS(=O)(=O)Cl. The van der Waals surface area contributed by atoms with Gasteiger partial charge in [-0.3, -0.25) is 0 Å². The summed E-state index contributed by atoms with van der Waals surface area (Å²) in [6, 6.07) is -0.0509. The van der Waals surface area contributed by atoms with E-state index in [2.05, 4.69) is 15.4 Å². The van der Waals surface area contributed by atoms with Crippen LogP contribution in [0.25, 0.3) is 0 Å². The number of aromatic carboxylic acids is 1. The van der Waals surface area contributed by atoms with Gasteiger partial charge in [-0.1, -0.05) is 0 Å². The summed E-state index contributed by atoms with van der Waals surface area (Å²) in [5.41, 5.74) is -4.91. The number of hydrogen-bond acceptors (Lipinski definition) is 4. The predicted octanol–water partition coefficient (Wildman–Crippen LogP) is 3.62. The zero-order chi connectivity index (χ0) is 19.5. The summed E-state index contributed by atoms with van der Waals surface area (Å²) in [5.74, 6) is -3.03. The molecule has 0 saturated carbocycles. The quantitative estimate of drug-likeness (QED) is 0.603. The number of carbonyl (C=O) groups is 1. The smallest absolute Gasteiger partial charge is 0.417 e. The highest BCUT2D eigenvalue weighted by Gasteiger charge is 2.41. The summed E-state index contributed by atoms with van der Waals surface area (Å²) in [6.45, 7) is 0. The van der Waals surface area contributed by atoms with Gasteiger partial charge in [-0.15, -0.1) is 0 Å². The molecule has 0 amide bonds. The molecule has 1 rings (SSSR count). The summed E-state index contributed by atoms with van der Waals surface area (Å²) in [5, 5.41) is 8.67. The lowest BCUT2D eigenvalue weighted by Gasteiger charge is -2.16. The number of methoxy groups -OCH3 is 1. The van der Waals surface area contributed by atoms with Crippen LogP contribution in [-0.4, -0.2) is 32.9 Å². The Morgan fingerprint density at radius 3 is 1.79 bits per heavy atom. The van der Waals surface area contributed by atoms with E-state index < -0.39 is 49.8 Å². The minimum atomic E-state index is -5.25. The first-order valence-corrected chi connectivity index (χ1v) is 8.19. The molecule has 0 fully saturated rings. The Balaban J connectivity index is 0.000000922. The van der Waals surface area contributed by atoms with E-state index in [-0.39, 0.29) is 12.1 Å². The molecule has 24 heavy (non-hydrogen) atoms. The number of benzene rings is 1. The Bertz CT molecular complexity index is 703. The molecule has 0 bridgehead atoms. The van der Waals surface area contributed by atoms with Crippen molar-refractivity contribution in [1.29, 1.82) is 0 Å². The molecule has 0 saturated heterocycles. The number of halogens is 7. The largest absolute Gasteiger partial charge is 0.496 e. The van der Waals surface area contributed by atoms with Gasteiger partial charge in [0.2, 0.25) is 9.05 Å². The molecule has 0 aliphatic carbocycles. The second-order valence-corrected chi connectivity index (χ2v) is 7.13. The third kappa shape index (κ3) is 7.25. The molecule has 0 atom stereocenters. The van der Waals surface area contributed by atoms with Gasteiger partial charge in [0, 0.05) is 10.7 Å². The molecule has 0 unspecified atom stereocenters. The summed E-state index contributed by atoms with van der Waals surface area (Å²) in [4.78, 5) is 10.7. The molecule has 0 heterocycles. The Hall–Kier alpha value is -1.69. The number of ether oxygens (including phenoxy) is 1. The van der Waals surface area contributed by atoms with Crippen molar-refractivity contribution in [3.63, 3.8) is 0 Å². The van der Waals surface area contributed by atoms with Crippen molar-refractivity contribution in [2.75, 3.05) is 13.4 Å². The monoisotopic (exact) mass is 402 g/mol. The first kappa shape index (κ1) is 22.3. The lowest BCUT2D eigenvalue weighted by atomic mass is 10.0. The predicted molar refractivity (Wildman–Crippen MR) is 70.7 cm³/mol. The van der Waals surface area contributed by atoms with Gasteiger partial charge < -0.3 is 9.84 Å². The maximum atomic E-state index is 12.6. The average molecular weight is 403 g/mol. The molecule has 5 nitrogen and oxygen atoms in total. The topological polar surface area (TPSA) is 80.7 Å². The summed E-state index contributed by atoms with van der Waals surface area (Å²) in [6.07, 6.45) is -9.37. The van der Waals surface area contributed by atoms with E-state index in [1.54, 1.807) is 0 Å². The van der Waals surface area contributed by atoms with Crippen molar-refractivity contribution in [2.45, 2.75) is 12.4 Å². The standard InChI is InChI=1S/C10H6F6O3.CH3ClO2S/c1-19-6-3-4(9(11,12)13)2-5(10(14,15)16)7(6)8(17)18;1-5(2,3)4/h2-3H,1H3,(H,17,18);1H3. The second-order valence-electron chi connectivity index (χ2n) is 4.08. The van der Waals surface area contributed by atoms with E-state index >= 15 is 0 Å². The fourth-order valence-corrected chi connectivity index (χ4v) is 1.38. The van der Waals surface area contributed by atoms with Crippen molar-refractivity contribution in [3.8, 4) is 5.75 Å². The molecular weight excluding hydrogens is 394 g/mol. The van der Waals surface area contributed by atoms with Crippen LogP contribution in [0, 0.1) is 0 Å². The van der Waals surface area contributed by atoms with Crippen LogP contribution >= 0.6 is 10.7 Å². The molecule has 0 aliphatic rings. The van der Waals surface area contributed by atoms with Crippen LogP contribution in [0.1, 0.15) is 21.5 Å². The first-order chi connectivity index (χ1) is 10.5. The first-order valence-electron chi connectivity index (χ1n) is 5.47. The normalized spacial score (nSPS) is 12.2. The Labute approximate surface area is 136 Å². The molecule has 0 radical (unpaired) electrons. The molecular formula is C11H9ClF6O5S. The van der Waals surface area contributed by atoms with Crippen molar-refractivity contribution >= 4 is 25.7 Å². The summed E-state index contributed by atoms with van der Waals surface area (Å²) in [7, 11) is 2.09. The molecule has 1 aromatic carbocycles. The van der Waals surface area contributed by atoms with Gasteiger partial charge in [-0.25, -0.2) is 13.2 Å². The number of alkyl halides is 6. The van der Waals surface area contributed by atoms with Gasteiger partial charge >= 0.3 is 18.3 Å². The number of hydrogen-bond donors (Lipinski definition) is 1. The van der Waals surface area contributed by atoms with Crippen molar-refractivity contribution < 1.29 is 49.4 Å². The fourth-order valence-electron chi connectivity index (χ4n) is 1.38. The van der Waals surface area contributed by atoms with E-state index in [0.717, 1.165) is 13.4 Å². The minimum Gasteiger partial charge on any atom is -0.496 e. The highest BCUT2D eigenvalue weighted by Crippen LogP contribution is 2.41. The minimum absolute atomic E-state index is 0.207. The Kier molecular flexibility index (Phi) is 6.94. The van der Waals surface area contributed by atoms with Crippen LogP contribution < -0.4 is 4.74 Å². The Morgan fingerprint density at radius 2 is 1.54 bits per heavy atom. The summed E-state index contributed by atoms with van der Waals surface area (Å²) >= 11 is 0. The zero-order valence-electron chi connectivity index (χ0n) is 11.8. The summed E-state index contributed by atoms with van der Waals surface area (Å²) < 4.78 is 98.2. The molecule has 1 N–H and O–H groups in total. The lowest BCUT2D eigenvalue weighted by Crippen LogP contribution is -2.17. The number of carboxylic acid groups (broad SMARTS) is 1. The van der Waals surface area contributed by atoms with Gasteiger partial charge in [0.05, 0.1) is 24.5 Å². The van der Waals surface area contributed by atoms with E-state index in [1.807, 2.05) is 0 Å². The highest BCUT2D eigenvalue weighted by atomic mass is 35.7. The van der Waals surface area contributed by atoms with Crippen LogP contribution in [0.15, 0.2) is 12.1 Å². The molecule has 13 heteroatoms. The fraction of sp³-hybridized carbons (Fsp3) is 0.364. The van der Waals surface area contributed by atoms with Crippen LogP contribution in [-0.2, 0) is 21.4 Å². The Morgan fingerprint density at radius 1 is 1.12 bits per heavy atom. The van der Waals surface area contributed by atoms with Crippen LogP contribution in [0.3, 0.4) is 0 Å². The molecule has 0 aliphatic heterocycles. The van der Waals surface area contributed by atoms with Gasteiger partial charge in [0.1, 0.15) is 11.3 Å². The number of carboxylic acids is 1. The molecule has 1 aromatic rings. The number of rotatable bonds is 2. The maximum Gasteiger partial charge on any atom is 0.417 e. The average Bonchev–Trinajstić information content (AvgIpc) is 2.32. The second kappa shape index (κ2) is 7.47. The van der Waals surface area contributed by atoms with E-state index in [9.17, 15) is 39.6 Å². The van der Waals surface area contributed by atoms with E-state index in [0.29, 0.717) is 0 Å². The zero-order valence-corrected chi connectivity index (χ0v) is 13.4. The third-order valence-corrected chi connectivity index (χ3v) is 2.17. The lowest BCUT2D eigenvalue weighted by molar-refractivity contribution is -0.143. The van der Waals surface area contributed by atoms with Gasteiger partial charge in [-0.2, -0.15) is 26.3 Å². The van der Waals surface area contributed by atoms with Crippen molar-refractivity contribution in [1.82, 2.24) is 0 Å². The van der Waals surface area contributed by atoms with Gasteiger partial charge in [-0.05, 0) is 12.1 Å². The van der Waals surface area contributed by atoms with Gasteiger partial charge in [0.15, 0.2) is 0 Å². The van der Waals surface area contributed by atoms with Crippen molar-refractivity contribution in [2.24, 2.45) is 0 Å². The molecule has 0 aromatic heterocycles. The van der Waals surface area contributed by atoms with Gasteiger partial charge in [0.25, 0.3) is 0 Å². The van der Waals surface area contributed by atoms with Crippen LogP contribution in [0.5, 0.6) is 5.75 Å². The van der Waals surface area contributed by atoms with Crippen LogP contribution in [0.2, 0.25) is 0 Å². The van der Waals surface area contributed by atoms with Crippen molar-refractivity contribution in [3.05, 3.63) is 28.8 Å². The van der Waals surface area contributed by atoms with Crippen LogP contribution in [0.4, 0.5) is 26.3 Å².